The Morgan fingerprint density at radius 3 is 2.77 bits per heavy atom. The second-order valence-electron chi connectivity index (χ2n) is 5.53. The Balaban J connectivity index is 1.92. The van der Waals surface area contributed by atoms with Crippen LogP contribution in [0, 0.1) is 0 Å². The van der Waals surface area contributed by atoms with Gasteiger partial charge in [-0.3, -0.25) is 4.79 Å². The summed E-state index contributed by atoms with van der Waals surface area (Å²) in [6.45, 7) is 2.97. The number of thioether (sulfide) groups is 1. The van der Waals surface area contributed by atoms with Crippen LogP contribution in [0.3, 0.4) is 0 Å². The lowest BCUT2D eigenvalue weighted by molar-refractivity contribution is 0.0982. The number of amides is 1. The molecule has 0 bridgehead atoms. The molecule has 114 valence electrons. The van der Waals surface area contributed by atoms with Gasteiger partial charge in [0.2, 0.25) is 0 Å². The van der Waals surface area contributed by atoms with E-state index in [1.165, 1.54) is 5.56 Å². The standard InChI is InChI=1S/C19H21NOS/c1-2-14-22-18-12-6-4-10-16(18)19(21)20-13-7-9-15-8-3-5-11-17(15)20/h3-6,8,10-12H,2,7,9,13-14H2,1H3. The minimum absolute atomic E-state index is 0.131. The Labute approximate surface area is 136 Å². The van der Waals surface area contributed by atoms with Gasteiger partial charge in [0.1, 0.15) is 0 Å². The van der Waals surface area contributed by atoms with E-state index in [9.17, 15) is 4.79 Å². The fourth-order valence-electron chi connectivity index (χ4n) is 2.87. The lowest BCUT2D eigenvalue weighted by Gasteiger charge is -2.30. The highest BCUT2D eigenvalue weighted by atomic mass is 32.2. The van der Waals surface area contributed by atoms with Gasteiger partial charge in [-0.05, 0) is 48.8 Å². The third-order valence-corrected chi connectivity index (χ3v) is 5.21. The first kappa shape index (κ1) is 15.2. The highest BCUT2D eigenvalue weighted by Gasteiger charge is 2.24. The third kappa shape index (κ3) is 3.05. The SMILES string of the molecule is CCCSc1ccccc1C(=O)N1CCCc2ccccc21. The maximum absolute atomic E-state index is 13.1. The Bertz CT molecular complexity index is 668. The molecular formula is C19H21NOS. The molecule has 0 spiro atoms. The number of carbonyl (C=O) groups is 1. The number of fused-ring (bicyclic) bond motifs is 1. The molecule has 0 radical (unpaired) electrons. The maximum Gasteiger partial charge on any atom is 0.259 e. The van der Waals surface area contributed by atoms with E-state index in [0.29, 0.717) is 0 Å². The van der Waals surface area contributed by atoms with Crippen molar-refractivity contribution in [2.45, 2.75) is 31.1 Å². The fraction of sp³-hybridized carbons (Fsp3) is 0.316. The predicted octanol–water partition coefficient (Wildman–Crippen LogP) is 4.78. The van der Waals surface area contributed by atoms with Gasteiger partial charge < -0.3 is 4.90 Å². The summed E-state index contributed by atoms with van der Waals surface area (Å²) in [7, 11) is 0. The van der Waals surface area contributed by atoms with Gasteiger partial charge in [-0.1, -0.05) is 37.3 Å². The van der Waals surface area contributed by atoms with Crippen molar-refractivity contribution in [1.82, 2.24) is 0 Å². The molecule has 2 aromatic rings. The van der Waals surface area contributed by atoms with E-state index in [1.807, 2.05) is 29.2 Å². The maximum atomic E-state index is 13.1. The highest BCUT2D eigenvalue weighted by Crippen LogP contribution is 2.30. The van der Waals surface area contributed by atoms with Crippen LogP contribution in [0.15, 0.2) is 53.4 Å². The molecule has 0 unspecified atom stereocenters. The number of para-hydroxylation sites is 1. The van der Waals surface area contributed by atoms with Crippen LogP contribution in [0.25, 0.3) is 0 Å². The van der Waals surface area contributed by atoms with Gasteiger partial charge >= 0.3 is 0 Å². The van der Waals surface area contributed by atoms with E-state index >= 15 is 0 Å². The van der Waals surface area contributed by atoms with Crippen molar-refractivity contribution in [3.05, 3.63) is 59.7 Å². The minimum atomic E-state index is 0.131. The van der Waals surface area contributed by atoms with Crippen molar-refractivity contribution in [1.29, 1.82) is 0 Å². The molecule has 0 fully saturated rings. The molecule has 2 nitrogen and oxygen atoms in total. The van der Waals surface area contributed by atoms with Gasteiger partial charge in [0.05, 0.1) is 5.56 Å². The van der Waals surface area contributed by atoms with E-state index in [-0.39, 0.29) is 5.91 Å². The summed E-state index contributed by atoms with van der Waals surface area (Å²) < 4.78 is 0. The van der Waals surface area contributed by atoms with Crippen LogP contribution in [0.2, 0.25) is 0 Å². The van der Waals surface area contributed by atoms with Crippen LogP contribution in [0.1, 0.15) is 35.7 Å². The number of nitrogens with zero attached hydrogens (tertiary/aromatic N) is 1. The first-order valence-electron chi connectivity index (χ1n) is 7.93. The van der Waals surface area contributed by atoms with E-state index in [4.69, 9.17) is 0 Å². The molecule has 0 atom stereocenters. The summed E-state index contributed by atoms with van der Waals surface area (Å²) in [5.41, 5.74) is 3.19. The first-order valence-corrected chi connectivity index (χ1v) is 8.91. The monoisotopic (exact) mass is 311 g/mol. The predicted molar refractivity (Wildman–Crippen MR) is 93.9 cm³/mol. The van der Waals surface area contributed by atoms with Crippen molar-refractivity contribution in [2.24, 2.45) is 0 Å². The van der Waals surface area contributed by atoms with Gasteiger partial charge in [-0.2, -0.15) is 0 Å². The van der Waals surface area contributed by atoms with Crippen LogP contribution < -0.4 is 4.90 Å². The van der Waals surface area contributed by atoms with E-state index in [1.54, 1.807) is 11.8 Å². The number of aryl methyl sites for hydroxylation is 1. The van der Waals surface area contributed by atoms with Crippen LogP contribution in [0.5, 0.6) is 0 Å². The number of benzene rings is 2. The molecular weight excluding hydrogens is 290 g/mol. The molecule has 1 aliphatic heterocycles. The molecule has 0 aliphatic carbocycles. The zero-order valence-electron chi connectivity index (χ0n) is 12.9. The Morgan fingerprint density at radius 2 is 1.91 bits per heavy atom. The van der Waals surface area contributed by atoms with Crippen molar-refractivity contribution in [3.63, 3.8) is 0 Å². The average molecular weight is 311 g/mol. The topological polar surface area (TPSA) is 20.3 Å². The molecule has 1 heterocycles. The summed E-state index contributed by atoms with van der Waals surface area (Å²) in [6, 6.07) is 16.2. The Kier molecular flexibility index (Phi) is 4.84. The van der Waals surface area contributed by atoms with Gasteiger partial charge in [-0.25, -0.2) is 0 Å². The summed E-state index contributed by atoms with van der Waals surface area (Å²) in [4.78, 5) is 16.1. The third-order valence-electron chi connectivity index (χ3n) is 3.93. The van der Waals surface area contributed by atoms with Crippen molar-refractivity contribution >= 4 is 23.4 Å². The van der Waals surface area contributed by atoms with E-state index in [2.05, 4.69) is 31.2 Å². The van der Waals surface area contributed by atoms with E-state index < -0.39 is 0 Å². The summed E-state index contributed by atoms with van der Waals surface area (Å²) in [6.07, 6.45) is 3.21. The van der Waals surface area contributed by atoms with Gasteiger partial charge in [0.25, 0.3) is 5.91 Å². The molecule has 3 heteroatoms. The van der Waals surface area contributed by atoms with Gasteiger partial charge in [-0.15, -0.1) is 11.8 Å². The molecule has 0 saturated heterocycles. The van der Waals surface area contributed by atoms with Crippen LogP contribution in [0.4, 0.5) is 5.69 Å². The number of rotatable bonds is 4. The minimum Gasteiger partial charge on any atom is -0.308 e. The second-order valence-corrected chi connectivity index (χ2v) is 6.67. The van der Waals surface area contributed by atoms with Crippen LogP contribution >= 0.6 is 11.8 Å². The number of hydrogen-bond acceptors (Lipinski definition) is 2. The van der Waals surface area contributed by atoms with E-state index in [0.717, 1.165) is 47.7 Å². The largest absolute Gasteiger partial charge is 0.308 e. The second kappa shape index (κ2) is 7.01. The molecule has 0 saturated carbocycles. The van der Waals surface area contributed by atoms with Crippen LogP contribution in [-0.2, 0) is 6.42 Å². The smallest absolute Gasteiger partial charge is 0.259 e. The Morgan fingerprint density at radius 1 is 1.14 bits per heavy atom. The van der Waals surface area contributed by atoms with Crippen molar-refractivity contribution in [2.75, 3.05) is 17.2 Å². The van der Waals surface area contributed by atoms with Crippen molar-refractivity contribution < 1.29 is 4.79 Å². The molecule has 1 amide bonds. The number of hydrogen-bond donors (Lipinski definition) is 0. The average Bonchev–Trinajstić information content (AvgIpc) is 2.59. The molecule has 0 N–H and O–H groups in total. The fourth-order valence-corrected chi connectivity index (χ4v) is 3.78. The lowest BCUT2D eigenvalue weighted by Crippen LogP contribution is -2.35. The molecule has 0 aromatic heterocycles. The highest BCUT2D eigenvalue weighted by molar-refractivity contribution is 7.99. The van der Waals surface area contributed by atoms with Crippen molar-refractivity contribution in [3.8, 4) is 0 Å². The molecule has 2 aromatic carbocycles. The molecule has 1 aliphatic rings. The Hall–Kier alpha value is -1.74. The van der Waals surface area contributed by atoms with Gasteiger partial charge in [0, 0.05) is 17.1 Å². The summed E-state index contributed by atoms with van der Waals surface area (Å²) >= 11 is 1.77. The molecule has 3 rings (SSSR count). The first-order chi connectivity index (χ1) is 10.8. The van der Waals surface area contributed by atoms with Crippen LogP contribution in [-0.4, -0.2) is 18.2 Å². The number of anilines is 1. The molecule has 22 heavy (non-hydrogen) atoms. The zero-order chi connectivity index (χ0) is 15.4. The van der Waals surface area contributed by atoms with Gasteiger partial charge in [0.15, 0.2) is 0 Å². The number of carbonyl (C=O) groups excluding carboxylic acids is 1. The lowest BCUT2D eigenvalue weighted by atomic mass is 10.0. The quantitative estimate of drug-likeness (QED) is 0.757. The summed E-state index contributed by atoms with van der Waals surface area (Å²) in [5, 5.41) is 0. The normalized spacial score (nSPS) is 13.8. The summed E-state index contributed by atoms with van der Waals surface area (Å²) in [5.74, 6) is 1.17. The zero-order valence-corrected chi connectivity index (χ0v) is 13.7.